The molecule has 0 heterocycles. The van der Waals surface area contributed by atoms with Crippen LogP contribution in [0.4, 0.5) is 0 Å². The maximum absolute atomic E-state index is 11.5. The van der Waals surface area contributed by atoms with Crippen LogP contribution in [0.5, 0.6) is 0 Å². The number of hydrogen-bond acceptors (Lipinski definition) is 3. The quantitative estimate of drug-likeness (QED) is 0.713. The van der Waals surface area contributed by atoms with Crippen LogP contribution in [0.3, 0.4) is 0 Å². The minimum absolute atomic E-state index is 0.0939. The lowest BCUT2D eigenvalue weighted by Gasteiger charge is -2.08. The van der Waals surface area contributed by atoms with E-state index in [1.165, 1.54) is 0 Å². The van der Waals surface area contributed by atoms with Gasteiger partial charge in [-0.05, 0) is 31.5 Å². The fraction of sp³-hybridized carbons (Fsp3) is 0.417. The maximum atomic E-state index is 11.5. The molecule has 0 N–H and O–H groups in total. The highest BCUT2D eigenvalue weighted by molar-refractivity contribution is 5.89. The zero-order valence-corrected chi connectivity index (χ0v) is 9.32. The SMILES string of the molecule is COCc1cccc(C(=O)OC(C)C)c1. The van der Waals surface area contributed by atoms with Crippen molar-refractivity contribution >= 4 is 5.97 Å². The second-order valence-corrected chi connectivity index (χ2v) is 3.59. The second kappa shape index (κ2) is 5.51. The van der Waals surface area contributed by atoms with Gasteiger partial charge < -0.3 is 9.47 Å². The Kier molecular flexibility index (Phi) is 4.31. The summed E-state index contributed by atoms with van der Waals surface area (Å²) in [6.45, 7) is 4.16. The largest absolute Gasteiger partial charge is 0.459 e. The van der Waals surface area contributed by atoms with Crippen molar-refractivity contribution in [1.29, 1.82) is 0 Å². The molecule has 0 aliphatic carbocycles. The average molecular weight is 208 g/mol. The van der Waals surface area contributed by atoms with Gasteiger partial charge in [0.2, 0.25) is 0 Å². The van der Waals surface area contributed by atoms with Crippen molar-refractivity contribution < 1.29 is 14.3 Å². The monoisotopic (exact) mass is 208 g/mol. The number of benzene rings is 1. The first-order valence-corrected chi connectivity index (χ1v) is 4.92. The Labute approximate surface area is 90.0 Å². The number of carbonyl (C=O) groups excluding carboxylic acids is 1. The van der Waals surface area contributed by atoms with Crippen LogP contribution in [0, 0.1) is 0 Å². The molecule has 0 aliphatic rings. The first kappa shape index (κ1) is 11.7. The summed E-state index contributed by atoms with van der Waals surface area (Å²) in [5.74, 6) is -0.289. The number of ether oxygens (including phenoxy) is 2. The number of esters is 1. The van der Waals surface area contributed by atoms with Gasteiger partial charge in [0.15, 0.2) is 0 Å². The third kappa shape index (κ3) is 3.72. The molecule has 15 heavy (non-hydrogen) atoms. The van der Waals surface area contributed by atoms with Crippen molar-refractivity contribution in [2.75, 3.05) is 7.11 Å². The molecular formula is C12H16O3. The highest BCUT2D eigenvalue weighted by Gasteiger charge is 2.09. The van der Waals surface area contributed by atoms with Crippen LogP contribution in [-0.4, -0.2) is 19.2 Å². The predicted octanol–water partition coefficient (Wildman–Crippen LogP) is 2.40. The molecule has 0 unspecified atom stereocenters. The van der Waals surface area contributed by atoms with Gasteiger partial charge in [0.25, 0.3) is 0 Å². The Bertz CT molecular complexity index is 331. The van der Waals surface area contributed by atoms with Crippen LogP contribution < -0.4 is 0 Å². The van der Waals surface area contributed by atoms with E-state index in [1.54, 1.807) is 19.2 Å². The van der Waals surface area contributed by atoms with Crippen molar-refractivity contribution in [3.63, 3.8) is 0 Å². The summed E-state index contributed by atoms with van der Waals surface area (Å²) in [6.07, 6.45) is -0.0939. The van der Waals surface area contributed by atoms with Gasteiger partial charge in [-0.3, -0.25) is 0 Å². The molecule has 0 bridgehead atoms. The summed E-state index contributed by atoms with van der Waals surface area (Å²) >= 11 is 0. The molecule has 1 aromatic carbocycles. The van der Waals surface area contributed by atoms with Gasteiger partial charge in [-0.2, -0.15) is 0 Å². The molecule has 0 aromatic heterocycles. The summed E-state index contributed by atoms with van der Waals surface area (Å²) in [5, 5.41) is 0. The van der Waals surface area contributed by atoms with E-state index in [0.29, 0.717) is 12.2 Å². The lowest BCUT2D eigenvalue weighted by molar-refractivity contribution is 0.0377. The Balaban J connectivity index is 2.76. The molecule has 0 saturated carbocycles. The molecule has 1 rings (SSSR count). The molecule has 0 radical (unpaired) electrons. The standard InChI is InChI=1S/C12H16O3/c1-9(2)15-12(13)11-6-4-5-10(7-11)8-14-3/h4-7,9H,8H2,1-3H3. The third-order valence-corrected chi connectivity index (χ3v) is 1.82. The van der Waals surface area contributed by atoms with E-state index in [2.05, 4.69) is 0 Å². The van der Waals surface area contributed by atoms with Gasteiger partial charge in [0.1, 0.15) is 0 Å². The number of rotatable bonds is 4. The van der Waals surface area contributed by atoms with Crippen LogP contribution in [-0.2, 0) is 16.1 Å². The Hall–Kier alpha value is -1.35. The van der Waals surface area contributed by atoms with E-state index in [-0.39, 0.29) is 12.1 Å². The van der Waals surface area contributed by atoms with E-state index in [9.17, 15) is 4.79 Å². The first-order valence-electron chi connectivity index (χ1n) is 4.92. The molecule has 3 heteroatoms. The third-order valence-electron chi connectivity index (χ3n) is 1.82. The van der Waals surface area contributed by atoms with Gasteiger partial charge in [-0.25, -0.2) is 4.79 Å². The summed E-state index contributed by atoms with van der Waals surface area (Å²) < 4.78 is 10.1. The summed E-state index contributed by atoms with van der Waals surface area (Å²) in [7, 11) is 1.62. The second-order valence-electron chi connectivity index (χ2n) is 3.59. The van der Waals surface area contributed by atoms with Crippen LogP contribution >= 0.6 is 0 Å². The Morgan fingerprint density at radius 2 is 2.13 bits per heavy atom. The van der Waals surface area contributed by atoms with Crippen molar-refractivity contribution in [2.45, 2.75) is 26.6 Å². The first-order chi connectivity index (χ1) is 7.13. The number of hydrogen-bond donors (Lipinski definition) is 0. The van der Waals surface area contributed by atoms with Gasteiger partial charge in [0.05, 0.1) is 18.3 Å². The van der Waals surface area contributed by atoms with Gasteiger partial charge >= 0.3 is 5.97 Å². The molecule has 0 aliphatic heterocycles. The summed E-state index contributed by atoms with van der Waals surface area (Å²) in [6, 6.07) is 7.26. The normalized spacial score (nSPS) is 10.4. The van der Waals surface area contributed by atoms with Crippen LogP contribution in [0.25, 0.3) is 0 Å². The minimum Gasteiger partial charge on any atom is -0.459 e. The lowest BCUT2D eigenvalue weighted by Crippen LogP contribution is -2.11. The van der Waals surface area contributed by atoms with Crippen molar-refractivity contribution in [3.8, 4) is 0 Å². The fourth-order valence-corrected chi connectivity index (χ4v) is 1.24. The van der Waals surface area contributed by atoms with E-state index >= 15 is 0 Å². The predicted molar refractivity (Wildman–Crippen MR) is 57.7 cm³/mol. The van der Waals surface area contributed by atoms with E-state index < -0.39 is 0 Å². The Morgan fingerprint density at radius 3 is 2.73 bits per heavy atom. The zero-order valence-electron chi connectivity index (χ0n) is 9.32. The molecule has 82 valence electrons. The Morgan fingerprint density at radius 1 is 1.40 bits per heavy atom. The molecule has 0 fully saturated rings. The molecule has 0 saturated heterocycles. The van der Waals surface area contributed by atoms with E-state index in [1.807, 2.05) is 26.0 Å². The maximum Gasteiger partial charge on any atom is 0.338 e. The highest BCUT2D eigenvalue weighted by Crippen LogP contribution is 2.08. The van der Waals surface area contributed by atoms with Crippen molar-refractivity contribution in [3.05, 3.63) is 35.4 Å². The molecule has 0 spiro atoms. The number of carbonyl (C=O) groups is 1. The van der Waals surface area contributed by atoms with Gasteiger partial charge in [0, 0.05) is 7.11 Å². The topological polar surface area (TPSA) is 35.5 Å². The highest BCUT2D eigenvalue weighted by atomic mass is 16.5. The number of methoxy groups -OCH3 is 1. The zero-order chi connectivity index (χ0) is 11.3. The molecule has 0 atom stereocenters. The molecule has 1 aromatic rings. The van der Waals surface area contributed by atoms with Crippen LogP contribution in [0.15, 0.2) is 24.3 Å². The molecule has 3 nitrogen and oxygen atoms in total. The summed E-state index contributed by atoms with van der Waals surface area (Å²) in [4.78, 5) is 11.5. The van der Waals surface area contributed by atoms with Crippen molar-refractivity contribution in [1.82, 2.24) is 0 Å². The van der Waals surface area contributed by atoms with Gasteiger partial charge in [-0.15, -0.1) is 0 Å². The fourth-order valence-electron chi connectivity index (χ4n) is 1.24. The van der Waals surface area contributed by atoms with Crippen LogP contribution in [0.1, 0.15) is 29.8 Å². The van der Waals surface area contributed by atoms with E-state index in [4.69, 9.17) is 9.47 Å². The van der Waals surface area contributed by atoms with E-state index in [0.717, 1.165) is 5.56 Å². The van der Waals surface area contributed by atoms with Crippen LogP contribution in [0.2, 0.25) is 0 Å². The molecule has 0 amide bonds. The minimum atomic E-state index is -0.289. The van der Waals surface area contributed by atoms with Crippen molar-refractivity contribution in [2.24, 2.45) is 0 Å². The lowest BCUT2D eigenvalue weighted by atomic mass is 10.1. The molecular weight excluding hydrogens is 192 g/mol. The smallest absolute Gasteiger partial charge is 0.338 e. The average Bonchev–Trinajstić information content (AvgIpc) is 2.17. The summed E-state index contributed by atoms with van der Waals surface area (Å²) in [5.41, 5.74) is 1.54. The van der Waals surface area contributed by atoms with Gasteiger partial charge in [-0.1, -0.05) is 12.1 Å².